The van der Waals surface area contributed by atoms with E-state index in [1.807, 2.05) is 30.3 Å². The number of carbonyl (C=O) groups is 2. The second kappa shape index (κ2) is 11.2. The van der Waals surface area contributed by atoms with Crippen molar-refractivity contribution >= 4 is 46.9 Å². The van der Waals surface area contributed by atoms with Gasteiger partial charge in [0.2, 0.25) is 11.8 Å². The number of phenols is 1. The number of benzene rings is 3. The van der Waals surface area contributed by atoms with E-state index in [1.165, 1.54) is 27.7 Å². The first kappa shape index (κ1) is 28.4. The van der Waals surface area contributed by atoms with Gasteiger partial charge in [0.1, 0.15) is 5.75 Å². The fraction of sp³-hybridized carbons (Fsp3) is 0.353. The molecule has 4 atom stereocenters. The maximum absolute atomic E-state index is 13.8. The Kier molecular flexibility index (Phi) is 7.56. The highest BCUT2D eigenvalue weighted by molar-refractivity contribution is 6.58. The number of phenolic OH excluding ortho intramolecular Hbond substituents is 1. The van der Waals surface area contributed by atoms with Gasteiger partial charge in [0.15, 0.2) is 0 Å². The summed E-state index contributed by atoms with van der Waals surface area (Å²) in [4.78, 5) is 28.7. The standard InChI is InChI=1S/C34H36BNO6/c1-19(2)26-17-27-32(34(39)36(33(27)38)23-8-6-7-22(16-23)35(40)41)28-18-42-30(31(26)28)14-11-20(3)15-21-12-13-29(37)25-10-5-4-9-24(21)25/h4-10,12-13,15-16,19,27-28,30,32,37,40-41H,11,14,17-18H2,1-3H3/b20-15+/t27-,28+,30-,32-/m1/s1. The summed E-state index contributed by atoms with van der Waals surface area (Å²) in [6, 6.07) is 17.8. The second-order valence-electron chi connectivity index (χ2n) is 12.1. The number of fused-ring (bicyclic) bond motifs is 4. The average molecular weight is 565 g/mol. The topological polar surface area (TPSA) is 107 Å². The van der Waals surface area contributed by atoms with Crippen LogP contribution in [-0.2, 0) is 14.3 Å². The molecule has 2 heterocycles. The zero-order valence-corrected chi connectivity index (χ0v) is 24.2. The summed E-state index contributed by atoms with van der Waals surface area (Å²) in [5.74, 6) is -1.05. The number of hydrogen-bond acceptors (Lipinski definition) is 6. The Labute approximate surface area is 246 Å². The minimum atomic E-state index is -1.69. The van der Waals surface area contributed by atoms with Crippen molar-refractivity contribution in [3.05, 3.63) is 82.9 Å². The van der Waals surface area contributed by atoms with Crippen LogP contribution >= 0.6 is 0 Å². The van der Waals surface area contributed by atoms with Crippen molar-refractivity contribution in [3.63, 3.8) is 0 Å². The van der Waals surface area contributed by atoms with Gasteiger partial charge in [-0.25, -0.2) is 0 Å². The van der Waals surface area contributed by atoms with E-state index in [0.29, 0.717) is 18.7 Å². The number of anilines is 1. The van der Waals surface area contributed by atoms with Gasteiger partial charge >= 0.3 is 7.12 Å². The molecule has 8 heteroatoms. The molecule has 42 heavy (non-hydrogen) atoms. The fourth-order valence-corrected chi connectivity index (χ4v) is 7.17. The monoisotopic (exact) mass is 565 g/mol. The molecule has 0 bridgehead atoms. The first-order chi connectivity index (χ1) is 20.2. The van der Waals surface area contributed by atoms with Gasteiger partial charge in [-0.2, -0.15) is 0 Å². The highest BCUT2D eigenvalue weighted by atomic mass is 16.5. The Morgan fingerprint density at radius 3 is 2.52 bits per heavy atom. The summed E-state index contributed by atoms with van der Waals surface area (Å²) in [6.45, 7) is 6.80. The fourth-order valence-electron chi connectivity index (χ4n) is 7.17. The summed E-state index contributed by atoms with van der Waals surface area (Å²) in [5.41, 5.74) is 5.27. The SMILES string of the molecule is C/C(=C\c1ccc(O)c2ccccc12)CC[C@H]1OC[C@H]2C1=C(C(C)C)C[C@H]1C(=O)N(c3cccc(B(O)O)c3)C(=O)[C@H]12. The van der Waals surface area contributed by atoms with Crippen LogP contribution in [0.25, 0.3) is 16.8 Å². The lowest BCUT2D eigenvalue weighted by atomic mass is 9.67. The lowest BCUT2D eigenvalue weighted by Crippen LogP contribution is -2.36. The Morgan fingerprint density at radius 1 is 1.02 bits per heavy atom. The van der Waals surface area contributed by atoms with Crippen molar-refractivity contribution in [2.45, 2.75) is 46.1 Å². The van der Waals surface area contributed by atoms with Gasteiger partial charge < -0.3 is 19.9 Å². The number of ether oxygens (including phenoxy) is 1. The molecule has 3 aromatic rings. The molecule has 2 aliphatic heterocycles. The molecule has 3 aromatic carbocycles. The molecular formula is C34H36BNO6. The number of allylic oxidation sites excluding steroid dienone is 2. The van der Waals surface area contributed by atoms with Gasteiger partial charge in [-0.15, -0.1) is 0 Å². The summed E-state index contributed by atoms with van der Waals surface area (Å²) in [6.07, 6.45) is 4.17. The van der Waals surface area contributed by atoms with Gasteiger partial charge in [-0.3, -0.25) is 14.5 Å². The number of hydrogen-bond donors (Lipinski definition) is 3. The van der Waals surface area contributed by atoms with Gasteiger partial charge in [-0.05, 0) is 72.3 Å². The molecule has 1 aliphatic carbocycles. The molecule has 2 saturated heterocycles. The van der Waals surface area contributed by atoms with E-state index in [4.69, 9.17) is 4.74 Å². The molecule has 2 amide bonds. The molecule has 3 N–H and O–H groups in total. The van der Waals surface area contributed by atoms with Crippen molar-refractivity contribution in [3.8, 4) is 5.75 Å². The van der Waals surface area contributed by atoms with E-state index in [0.717, 1.165) is 29.2 Å². The number of carbonyl (C=O) groups excluding carboxylic acids is 2. The van der Waals surface area contributed by atoms with Crippen molar-refractivity contribution in [1.82, 2.24) is 0 Å². The van der Waals surface area contributed by atoms with E-state index in [9.17, 15) is 24.7 Å². The number of nitrogens with zero attached hydrogens (tertiary/aromatic N) is 1. The van der Waals surface area contributed by atoms with Crippen LogP contribution in [0.1, 0.15) is 45.6 Å². The average Bonchev–Trinajstić information content (AvgIpc) is 3.51. The number of imide groups is 1. The minimum Gasteiger partial charge on any atom is -0.507 e. The first-order valence-electron chi connectivity index (χ1n) is 14.7. The zero-order chi connectivity index (χ0) is 29.7. The predicted molar refractivity (Wildman–Crippen MR) is 164 cm³/mol. The Morgan fingerprint density at radius 2 is 1.79 bits per heavy atom. The summed E-state index contributed by atoms with van der Waals surface area (Å²) >= 11 is 0. The van der Waals surface area contributed by atoms with Crippen LogP contribution in [0.2, 0.25) is 0 Å². The summed E-state index contributed by atoms with van der Waals surface area (Å²) in [5, 5.41) is 31.4. The van der Waals surface area contributed by atoms with Crippen LogP contribution < -0.4 is 10.4 Å². The first-order valence-corrected chi connectivity index (χ1v) is 14.7. The maximum Gasteiger partial charge on any atom is 0.488 e. The van der Waals surface area contributed by atoms with Gasteiger partial charge in [0.05, 0.1) is 30.2 Å². The highest BCUT2D eigenvalue weighted by Crippen LogP contribution is 2.52. The molecule has 0 unspecified atom stereocenters. The molecule has 0 saturated carbocycles. The van der Waals surface area contributed by atoms with Gasteiger partial charge in [0.25, 0.3) is 0 Å². The molecule has 7 nitrogen and oxygen atoms in total. The molecule has 6 rings (SSSR count). The van der Waals surface area contributed by atoms with E-state index < -0.39 is 19.0 Å². The quantitative estimate of drug-likeness (QED) is 0.220. The lowest BCUT2D eigenvalue weighted by molar-refractivity contribution is -0.122. The van der Waals surface area contributed by atoms with E-state index in [1.54, 1.807) is 24.3 Å². The maximum atomic E-state index is 13.8. The Balaban J connectivity index is 1.25. The molecule has 3 aliphatic rings. The van der Waals surface area contributed by atoms with Crippen molar-refractivity contribution < 1.29 is 29.5 Å². The van der Waals surface area contributed by atoms with E-state index in [2.05, 4.69) is 26.8 Å². The van der Waals surface area contributed by atoms with E-state index >= 15 is 0 Å². The third-order valence-electron chi connectivity index (χ3n) is 9.21. The number of rotatable bonds is 7. The molecule has 2 fully saturated rings. The molecular weight excluding hydrogens is 529 g/mol. The predicted octanol–water partition coefficient (Wildman–Crippen LogP) is 4.59. The van der Waals surface area contributed by atoms with Crippen molar-refractivity contribution in [1.29, 1.82) is 0 Å². The summed E-state index contributed by atoms with van der Waals surface area (Å²) < 4.78 is 6.38. The third kappa shape index (κ3) is 4.87. The number of amides is 2. The number of aromatic hydroxyl groups is 1. The van der Waals surface area contributed by atoms with Crippen molar-refractivity contribution in [2.75, 3.05) is 11.5 Å². The van der Waals surface area contributed by atoms with Crippen LogP contribution in [0, 0.1) is 23.7 Å². The molecule has 216 valence electrons. The smallest absolute Gasteiger partial charge is 0.488 e. The normalized spacial score (nSPS) is 24.1. The van der Waals surface area contributed by atoms with Gasteiger partial charge in [-0.1, -0.05) is 73.5 Å². The van der Waals surface area contributed by atoms with Crippen molar-refractivity contribution in [2.24, 2.45) is 23.7 Å². The van der Waals surface area contributed by atoms with Gasteiger partial charge in [0, 0.05) is 11.3 Å². The van der Waals surface area contributed by atoms with Crippen LogP contribution in [0.15, 0.2) is 77.4 Å². The largest absolute Gasteiger partial charge is 0.507 e. The van der Waals surface area contributed by atoms with Crippen LogP contribution in [0.4, 0.5) is 5.69 Å². The molecule has 0 radical (unpaired) electrons. The Hall–Kier alpha value is -3.72. The van der Waals surface area contributed by atoms with Crippen LogP contribution in [0.3, 0.4) is 0 Å². The Bertz CT molecular complexity index is 1630. The third-order valence-corrected chi connectivity index (χ3v) is 9.21. The molecule has 0 aromatic heterocycles. The van der Waals surface area contributed by atoms with Crippen LogP contribution in [0.5, 0.6) is 5.75 Å². The van der Waals surface area contributed by atoms with Crippen LogP contribution in [-0.4, -0.2) is 46.8 Å². The highest BCUT2D eigenvalue weighted by Gasteiger charge is 2.57. The van der Waals surface area contributed by atoms with E-state index in [-0.39, 0.29) is 41.0 Å². The molecule has 0 spiro atoms. The summed E-state index contributed by atoms with van der Waals surface area (Å²) in [7, 11) is -1.69. The minimum absolute atomic E-state index is 0.113. The second-order valence-corrected chi connectivity index (χ2v) is 12.1. The lowest BCUT2D eigenvalue weighted by Gasteiger charge is -2.33. The zero-order valence-electron chi connectivity index (χ0n) is 24.2.